The van der Waals surface area contributed by atoms with Gasteiger partial charge in [-0.25, -0.2) is 0 Å². The number of benzene rings is 1. The lowest BCUT2D eigenvalue weighted by atomic mass is 10.0. The predicted octanol–water partition coefficient (Wildman–Crippen LogP) is 1.01. The topological polar surface area (TPSA) is 58.8 Å². The Morgan fingerprint density at radius 3 is 2.68 bits per heavy atom. The summed E-state index contributed by atoms with van der Waals surface area (Å²) in [6.07, 6.45) is 1.45. The smallest absolute Gasteiger partial charge is 0.224 e. The Bertz CT molecular complexity index is 488. The summed E-state index contributed by atoms with van der Waals surface area (Å²) < 4.78 is 5.40. The molecule has 2 saturated heterocycles. The van der Waals surface area contributed by atoms with Crippen molar-refractivity contribution < 1.29 is 9.53 Å². The van der Waals surface area contributed by atoms with Crippen LogP contribution >= 0.6 is 0 Å². The summed E-state index contributed by atoms with van der Waals surface area (Å²) >= 11 is 0. The molecule has 2 aliphatic rings. The first-order valence-electron chi connectivity index (χ1n) is 8.14. The van der Waals surface area contributed by atoms with Crippen molar-refractivity contribution in [3.8, 4) is 0 Å². The third-order valence-electron chi connectivity index (χ3n) is 4.70. The number of carbonyl (C=O) groups is 1. The molecule has 2 N–H and O–H groups in total. The highest BCUT2D eigenvalue weighted by atomic mass is 16.5. The number of ether oxygens (including phenoxy) is 1. The van der Waals surface area contributed by atoms with Gasteiger partial charge in [-0.1, -0.05) is 30.3 Å². The van der Waals surface area contributed by atoms with Gasteiger partial charge in [0.25, 0.3) is 0 Å². The Labute approximate surface area is 132 Å². The average molecular weight is 303 g/mol. The summed E-state index contributed by atoms with van der Waals surface area (Å²) in [5.74, 6) is 0.173. The van der Waals surface area contributed by atoms with Crippen LogP contribution in [0.15, 0.2) is 30.3 Å². The van der Waals surface area contributed by atoms with Gasteiger partial charge in [0.1, 0.15) is 0 Å². The van der Waals surface area contributed by atoms with Gasteiger partial charge in [0, 0.05) is 44.7 Å². The normalized spacial score (nSPS) is 24.4. The van der Waals surface area contributed by atoms with Crippen LogP contribution in [0.4, 0.5) is 0 Å². The van der Waals surface area contributed by atoms with Crippen LogP contribution in [0, 0.1) is 0 Å². The van der Waals surface area contributed by atoms with Gasteiger partial charge < -0.3 is 15.4 Å². The average Bonchev–Trinajstić information content (AvgIpc) is 3.06. The van der Waals surface area contributed by atoms with Gasteiger partial charge in [-0.05, 0) is 12.0 Å². The van der Waals surface area contributed by atoms with Crippen molar-refractivity contribution in [2.75, 3.05) is 39.4 Å². The number of rotatable bonds is 4. The Kier molecular flexibility index (Phi) is 5.08. The highest BCUT2D eigenvalue weighted by molar-refractivity contribution is 5.77. The molecule has 0 bridgehead atoms. The van der Waals surface area contributed by atoms with Gasteiger partial charge in [0.2, 0.25) is 5.91 Å². The van der Waals surface area contributed by atoms with Crippen molar-refractivity contribution in [2.45, 2.75) is 24.9 Å². The van der Waals surface area contributed by atoms with Crippen molar-refractivity contribution in [1.29, 1.82) is 0 Å². The lowest BCUT2D eigenvalue weighted by Crippen LogP contribution is -2.45. The SMILES string of the molecule is NC(CC(=O)N1CCC(N2CCOCC2)C1)c1ccccc1. The van der Waals surface area contributed by atoms with Crippen LogP contribution in [0.3, 0.4) is 0 Å². The molecule has 0 aliphatic carbocycles. The monoisotopic (exact) mass is 303 g/mol. The van der Waals surface area contributed by atoms with Crippen molar-refractivity contribution >= 4 is 5.91 Å². The zero-order chi connectivity index (χ0) is 15.4. The lowest BCUT2D eigenvalue weighted by Gasteiger charge is -2.32. The maximum absolute atomic E-state index is 12.5. The van der Waals surface area contributed by atoms with Crippen LogP contribution in [0.2, 0.25) is 0 Å². The van der Waals surface area contributed by atoms with E-state index in [-0.39, 0.29) is 11.9 Å². The zero-order valence-corrected chi connectivity index (χ0v) is 13.0. The molecular weight excluding hydrogens is 278 g/mol. The molecule has 5 heteroatoms. The number of likely N-dealkylation sites (tertiary alicyclic amines) is 1. The molecular formula is C17H25N3O2. The van der Waals surface area contributed by atoms with Gasteiger partial charge in [0.15, 0.2) is 0 Å². The van der Waals surface area contributed by atoms with Gasteiger partial charge in [-0.15, -0.1) is 0 Å². The maximum Gasteiger partial charge on any atom is 0.224 e. The van der Waals surface area contributed by atoms with Gasteiger partial charge >= 0.3 is 0 Å². The summed E-state index contributed by atoms with van der Waals surface area (Å²) in [5, 5.41) is 0. The molecule has 3 rings (SSSR count). The van der Waals surface area contributed by atoms with E-state index in [2.05, 4.69) is 4.90 Å². The Morgan fingerprint density at radius 2 is 1.95 bits per heavy atom. The van der Waals surface area contributed by atoms with Gasteiger partial charge in [0.05, 0.1) is 13.2 Å². The van der Waals surface area contributed by atoms with Crippen LogP contribution < -0.4 is 5.73 Å². The minimum absolute atomic E-state index is 0.173. The summed E-state index contributed by atoms with van der Waals surface area (Å²) in [5.41, 5.74) is 7.19. The molecule has 2 aliphatic heterocycles. The quantitative estimate of drug-likeness (QED) is 0.902. The first-order chi connectivity index (χ1) is 10.7. The molecule has 2 atom stereocenters. The molecule has 120 valence electrons. The minimum Gasteiger partial charge on any atom is -0.379 e. The number of hydrogen-bond donors (Lipinski definition) is 1. The summed E-state index contributed by atoms with van der Waals surface area (Å²) in [4.78, 5) is 16.9. The Morgan fingerprint density at radius 1 is 1.23 bits per heavy atom. The molecule has 0 spiro atoms. The molecule has 0 saturated carbocycles. The molecule has 22 heavy (non-hydrogen) atoms. The fourth-order valence-corrected chi connectivity index (χ4v) is 3.34. The van der Waals surface area contributed by atoms with E-state index in [9.17, 15) is 4.79 Å². The van der Waals surface area contributed by atoms with Gasteiger partial charge in [-0.3, -0.25) is 9.69 Å². The first kappa shape index (κ1) is 15.5. The second-order valence-corrected chi connectivity index (χ2v) is 6.15. The molecule has 2 fully saturated rings. The Balaban J connectivity index is 1.51. The predicted molar refractivity (Wildman–Crippen MR) is 85.4 cm³/mol. The van der Waals surface area contributed by atoms with Crippen LogP contribution in [0.25, 0.3) is 0 Å². The summed E-state index contributed by atoms with van der Waals surface area (Å²) in [6.45, 7) is 5.27. The van der Waals surface area contributed by atoms with Crippen molar-refractivity contribution in [2.24, 2.45) is 5.73 Å². The number of nitrogens with zero attached hydrogens (tertiary/aromatic N) is 2. The maximum atomic E-state index is 12.5. The second kappa shape index (κ2) is 7.22. The number of carbonyl (C=O) groups excluding carboxylic acids is 1. The number of hydrogen-bond acceptors (Lipinski definition) is 4. The molecule has 1 aromatic carbocycles. The van der Waals surface area contributed by atoms with Crippen LogP contribution in [-0.2, 0) is 9.53 Å². The van der Waals surface area contributed by atoms with E-state index < -0.39 is 0 Å². The third-order valence-corrected chi connectivity index (χ3v) is 4.70. The van der Waals surface area contributed by atoms with Crippen molar-refractivity contribution in [1.82, 2.24) is 9.80 Å². The van der Waals surface area contributed by atoms with Gasteiger partial charge in [-0.2, -0.15) is 0 Å². The fourth-order valence-electron chi connectivity index (χ4n) is 3.34. The van der Waals surface area contributed by atoms with Crippen molar-refractivity contribution in [3.05, 3.63) is 35.9 Å². The van der Waals surface area contributed by atoms with Crippen molar-refractivity contribution in [3.63, 3.8) is 0 Å². The van der Waals surface area contributed by atoms with Crippen LogP contribution in [0.5, 0.6) is 0 Å². The molecule has 2 heterocycles. The number of morpholine rings is 1. The molecule has 5 nitrogen and oxygen atoms in total. The fraction of sp³-hybridized carbons (Fsp3) is 0.588. The molecule has 2 unspecified atom stereocenters. The third kappa shape index (κ3) is 3.66. The zero-order valence-electron chi connectivity index (χ0n) is 13.0. The van der Waals surface area contributed by atoms with E-state index in [0.29, 0.717) is 12.5 Å². The number of amides is 1. The number of nitrogens with two attached hydrogens (primary N) is 1. The lowest BCUT2D eigenvalue weighted by molar-refractivity contribution is -0.130. The molecule has 0 radical (unpaired) electrons. The van der Waals surface area contributed by atoms with E-state index in [0.717, 1.165) is 51.4 Å². The van der Waals surface area contributed by atoms with E-state index in [1.807, 2.05) is 35.2 Å². The van der Waals surface area contributed by atoms with E-state index in [4.69, 9.17) is 10.5 Å². The van der Waals surface area contributed by atoms with E-state index >= 15 is 0 Å². The summed E-state index contributed by atoms with van der Waals surface area (Å²) in [6, 6.07) is 10.1. The molecule has 1 aromatic rings. The second-order valence-electron chi connectivity index (χ2n) is 6.15. The highest BCUT2D eigenvalue weighted by Gasteiger charge is 2.31. The van der Waals surface area contributed by atoms with Crippen LogP contribution in [-0.4, -0.2) is 61.1 Å². The summed E-state index contributed by atoms with van der Waals surface area (Å²) in [7, 11) is 0. The standard InChI is InChI=1S/C17H25N3O2/c18-16(14-4-2-1-3-5-14)12-17(21)20-7-6-15(13-20)19-8-10-22-11-9-19/h1-5,15-16H,6-13,18H2. The highest BCUT2D eigenvalue weighted by Crippen LogP contribution is 2.20. The molecule has 0 aromatic heterocycles. The first-order valence-corrected chi connectivity index (χ1v) is 8.14. The molecule has 1 amide bonds. The van der Waals surface area contributed by atoms with E-state index in [1.54, 1.807) is 0 Å². The largest absolute Gasteiger partial charge is 0.379 e. The van der Waals surface area contributed by atoms with Crippen LogP contribution in [0.1, 0.15) is 24.4 Å². The minimum atomic E-state index is -0.212. The Hall–Kier alpha value is -1.43. The van der Waals surface area contributed by atoms with E-state index in [1.165, 1.54) is 0 Å².